The van der Waals surface area contributed by atoms with Crippen LogP contribution >= 0.6 is 0 Å². The Hall–Kier alpha value is -1.62. The topological polar surface area (TPSA) is 57.3 Å². The van der Waals surface area contributed by atoms with E-state index in [9.17, 15) is 4.79 Å². The minimum atomic E-state index is -0.166. The van der Waals surface area contributed by atoms with Crippen LogP contribution in [0.2, 0.25) is 0 Å². The van der Waals surface area contributed by atoms with Gasteiger partial charge in [0, 0.05) is 24.6 Å². The van der Waals surface area contributed by atoms with Gasteiger partial charge in [0.15, 0.2) is 0 Å². The van der Waals surface area contributed by atoms with Gasteiger partial charge in [0.2, 0.25) is 0 Å². The van der Waals surface area contributed by atoms with Crippen LogP contribution in [0.5, 0.6) is 0 Å². The lowest BCUT2D eigenvalue weighted by atomic mass is 10.3. The highest BCUT2D eigenvalue weighted by Gasteiger charge is 2.01. The van der Waals surface area contributed by atoms with Crippen LogP contribution in [0.4, 0.5) is 10.5 Å². The summed E-state index contributed by atoms with van der Waals surface area (Å²) in [6, 6.07) is 3.35. The van der Waals surface area contributed by atoms with Gasteiger partial charge in [0.1, 0.15) is 0 Å². The highest BCUT2D eigenvalue weighted by atomic mass is 16.2. The average Bonchev–Trinajstić information content (AvgIpc) is 2.40. The van der Waals surface area contributed by atoms with Gasteiger partial charge in [-0.05, 0) is 38.2 Å². The maximum Gasteiger partial charge on any atom is 0.319 e. The van der Waals surface area contributed by atoms with E-state index in [2.05, 4.69) is 34.4 Å². The summed E-state index contributed by atoms with van der Waals surface area (Å²) in [5.74, 6) is 0. The van der Waals surface area contributed by atoms with Crippen LogP contribution in [0.15, 0.2) is 24.5 Å². The van der Waals surface area contributed by atoms with Gasteiger partial charge >= 0.3 is 6.03 Å². The highest BCUT2D eigenvalue weighted by Crippen LogP contribution is 2.02. The van der Waals surface area contributed by atoms with Crippen LogP contribution in [0.1, 0.15) is 20.3 Å². The van der Waals surface area contributed by atoms with Crippen LogP contribution in [-0.2, 0) is 0 Å². The highest BCUT2D eigenvalue weighted by molar-refractivity contribution is 5.88. The van der Waals surface area contributed by atoms with E-state index >= 15 is 0 Å². The van der Waals surface area contributed by atoms with Crippen molar-refractivity contribution in [2.24, 2.45) is 0 Å². The number of rotatable bonds is 7. The summed E-state index contributed by atoms with van der Waals surface area (Å²) in [7, 11) is 0. The summed E-state index contributed by atoms with van der Waals surface area (Å²) in [5.41, 5.74) is 0.756. The second kappa shape index (κ2) is 8.47. The van der Waals surface area contributed by atoms with Crippen molar-refractivity contribution in [3.63, 3.8) is 0 Å². The minimum Gasteiger partial charge on any atom is -0.338 e. The molecule has 1 aromatic heterocycles. The van der Waals surface area contributed by atoms with E-state index in [-0.39, 0.29) is 6.03 Å². The van der Waals surface area contributed by atoms with Crippen molar-refractivity contribution in [3.8, 4) is 0 Å². The summed E-state index contributed by atoms with van der Waals surface area (Å²) in [4.78, 5) is 17.8. The third-order valence-electron chi connectivity index (χ3n) is 2.77. The number of amides is 2. The zero-order valence-electron chi connectivity index (χ0n) is 11.1. The molecule has 0 aliphatic heterocycles. The second-order valence-corrected chi connectivity index (χ2v) is 4.00. The Balaban J connectivity index is 2.14. The lowest BCUT2D eigenvalue weighted by Crippen LogP contribution is -2.32. The Morgan fingerprint density at radius 1 is 1.28 bits per heavy atom. The Bertz CT molecular complexity index is 338. The molecule has 0 aliphatic carbocycles. The molecule has 0 unspecified atom stereocenters. The molecule has 18 heavy (non-hydrogen) atoms. The van der Waals surface area contributed by atoms with E-state index in [0.717, 1.165) is 31.7 Å². The van der Waals surface area contributed by atoms with Gasteiger partial charge in [-0.2, -0.15) is 0 Å². The lowest BCUT2D eigenvalue weighted by molar-refractivity contribution is 0.250. The van der Waals surface area contributed by atoms with Crippen molar-refractivity contribution < 1.29 is 4.79 Å². The van der Waals surface area contributed by atoms with Crippen molar-refractivity contribution >= 4 is 11.7 Å². The quantitative estimate of drug-likeness (QED) is 0.727. The zero-order chi connectivity index (χ0) is 13.2. The fraction of sp³-hybridized carbons (Fsp3) is 0.538. The molecule has 0 saturated carbocycles. The molecule has 0 radical (unpaired) electrons. The molecule has 0 bridgehead atoms. The van der Waals surface area contributed by atoms with Gasteiger partial charge in [-0.15, -0.1) is 0 Å². The maximum atomic E-state index is 11.5. The molecule has 0 aromatic carbocycles. The van der Waals surface area contributed by atoms with E-state index in [1.54, 1.807) is 24.5 Å². The van der Waals surface area contributed by atoms with E-state index in [4.69, 9.17) is 0 Å². The fourth-order valence-corrected chi connectivity index (χ4v) is 1.65. The minimum absolute atomic E-state index is 0.166. The Kier molecular flexibility index (Phi) is 6.79. The van der Waals surface area contributed by atoms with Crippen molar-refractivity contribution in [2.45, 2.75) is 20.3 Å². The number of anilines is 1. The number of urea groups is 1. The monoisotopic (exact) mass is 250 g/mol. The fourth-order valence-electron chi connectivity index (χ4n) is 1.65. The van der Waals surface area contributed by atoms with Gasteiger partial charge in [-0.1, -0.05) is 13.8 Å². The summed E-state index contributed by atoms with van der Waals surface area (Å²) in [6.45, 7) is 8.11. The van der Waals surface area contributed by atoms with Crippen LogP contribution in [-0.4, -0.2) is 42.1 Å². The van der Waals surface area contributed by atoms with Crippen LogP contribution in [0.3, 0.4) is 0 Å². The van der Waals surface area contributed by atoms with Crippen LogP contribution in [0, 0.1) is 0 Å². The number of carbonyl (C=O) groups is 1. The van der Waals surface area contributed by atoms with Crippen molar-refractivity contribution in [3.05, 3.63) is 24.5 Å². The summed E-state index contributed by atoms with van der Waals surface area (Å²) in [6.07, 6.45) is 4.26. The smallest absolute Gasteiger partial charge is 0.319 e. The van der Waals surface area contributed by atoms with Gasteiger partial charge in [-0.25, -0.2) is 4.79 Å². The molecule has 1 heterocycles. The first-order valence-electron chi connectivity index (χ1n) is 6.43. The van der Waals surface area contributed by atoms with Crippen LogP contribution in [0.25, 0.3) is 0 Å². The SMILES string of the molecule is CCN(CC)CCCNC(=O)Nc1ccncc1. The third-order valence-corrected chi connectivity index (χ3v) is 2.77. The molecule has 1 rings (SSSR count). The number of pyridine rings is 1. The Morgan fingerprint density at radius 2 is 1.94 bits per heavy atom. The second-order valence-electron chi connectivity index (χ2n) is 4.00. The molecular weight excluding hydrogens is 228 g/mol. The van der Waals surface area contributed by atoms with Crippen molar-refractivity contribution in [2.75, 3.05) is 31.5 Å². The van der Waals surface area contributed by atoms with Crippen molar-refractivity contribution in [1.82, 2.24) is 15.2 Å². The molecule has 5 heteroatoms. The first-order valence-corrected chi connectivity index (χ1v) is 6.43. The summed E-state index contributed by atoms with van der Waals surface area (Å²) >= 11 is 0. The summed E-state index contributed by atoms with van der Waals surface area (Å²) < 4.78 is 0. The number of nitrogens with one attached hydrogen (secondary N) is 2. The largest absolute Gasteiger partial charge is 0.338 e. The average molecular weight is 250 g/mol. The molecule has 2 N–H and O–H groups in total. The van der Waals surface area contributed by atoms with Gasteiger partial charge in [-0.3, -0.25) is 4.98 Å². The lowest BCUT2D eigenvalue weighted by Gasteiger charge is -2.17. The van der Waals surface area contributed by atoms with E-state index in [1.165, 1.54) is 0 Å². The normalized spacial score (nSPS) is 10.4. The molecule has 2 amide bonds. The van der Waals surface area contributed by atoms with E-state index in [0.29, 0.717) is 6.54 Å². The first-order chi connectivity index (χ1) is 8.76. The third kappa shape index (κ3) is 5.63. The van der Waals surface area contributed by atoms with Crippen molar-refractivity contribution in [1.29, 1.82) is 0 Å². The molecule has 0 saturated heterocycles. The number of hydrogen-bond donors (Lipinski definition) is 2. The predicted molar refractivity (Wildman–Crippen MR) is 73.7 cm³/mol. The Labute approximate surface area is 109 Å². The Morgan fingerprint density at radius 3 is 2.56 bits per heavy atom. The zero-order valence-corrected chi connectivity index (χ0v) is 11.1. The molecule has 0 spiro atoms. The first kappa shape index (κ1) is 14.4. The van der Waals surface area contributed by atoms with Gasteiger partial charge in [0.25, 0.3) is 0 Å². The molecule has 0 aliphatic rings. The van der Waals surface area contributed by atoms with Gasteiger partial charge < -0.3 is 15.5 Å². The molecule has 5 nitrogen and oxygen atoms in total. The summed E-state index contributed by atoms with van der Waals surface area (Å²) in [5, 5.41) is 5.59. The number of nitrogens with zero attached hydrogens (tertiary/aromatic N) is 2. The molecule has 0 atom stereocenters. The number of aromatic nitrogens is 1. The van der Waals surface area contributed by atoms with E-state index < -0.39 is 0 Å². The number of carbonyl (C=O) groups excluding carboxylic acids is 1. The number of hydrogen-bond acceptors (Lipinski definition) is 3. The van der Waals surface area contributed by atoms with Gasteiger partial charge in [0.05, 0.1) is 0 Å². The molecule has 0 fully saturated rings. The maximum absolute atomic E-state index is 11.5. The molecular formula is C13H22N4O. The standard InChI is InChI=1S/C13H22N4O/c1-3-17(4-2)11-5-8-15-13(18)16-12-6-9-14-10-7-12/h6-7,9-10H,3-5,8,11H2,1-2H3,(H2,14,15,16,18). The van der Waals surface area contributed by atoms with E-state index in [1.807, 2.05) is 0 Å². The molecule has 100 valence electrons. The predicted octanol–water partition coefficient (Wildman–Crippen LogP) is 1.93. The van der Waals surface area contributed by atoms with Crippen LogP contribution < -0.4 is 10.6 Å². The molecule has 1 aromatic rings.